The van der Waals surface area contributed by atoms with Gasteiger partial charge in [0.1, 0.15) is 0 Å². The minimum Gasteiger partial charge on any atom is -0.315 e. The fourth-order valence-corrected chi connectivity index (χ4v) is 3.44. The molecule has 1 aromatic carbocycles. The second-order valence-corrected chi connectivity index (χ2v) is 6.11. The highest BCUT2D eigenvalue weighted by molar-refractivity contribution is 7.89. The normalized spacial score (nSPS) is 19.1. The summed E-state index contributed by atoms with van der Waals surface area (Å²) in [7, 11) is -4.69. The summed E-state index contributed by atoms with van der Waals surface area (Å²) in [5, 5.41) is 2.90. The van der Waals surface area contributed by atoms with Crippen molar-refractivity contribution in [2.45, 2.75) is 23.8 Å². The van der Waals surface area contributed by atoms with Crippen LogP contribution < -0.4 is 10.0 Å². The van der Waals surface area contributed by atoms with E-state index in [0.717, 1.165) is 0 Å². The highest BCUT2D eigenvalue weighted by Crippen LogP contribution is 2.24. The Morgan fingerprint density at radius 2 is 1.71 bits per heavy atom. The summed E-state index contributed by atoms with van der Waals surface area (Å²) in [5.74, 6) is -7.38. The van der Waals surface area contributed by atoms with Crippen LogP contribution in [0.4, 0.5) is 17.6 Å². The summed E-state index contributed by atoms with van der Waals surface area (Å²) in [6.07, 6.45) is 1.14. The van der Waals surface area contributed by atoms with Crippen molar-refractivity contribution in [1.82, 2.24) is 10.0 Å². The molecule has 1 heterocycles. The first-order valence-electron chi connectivity index (χ1n) is 5.89. The van der Waals surface area contributed by atoms with Gasteiger partial charge in [-0.3, -0.25) is 0 Å². The molecule has 21 heavy (non-hydrogen) atoms. The zero-order valence-corrected chi connectivity index (χ0v) is 12.3. The molecular formula is C11H13ClF4N2O2S. The third kappa shape index (κ3) is 3.85. The van der Waals surface area contributed by atoms with Gasteiger partial charge in [-0.2, -0.15) is 0 Å². The molecule has 0 spiro atoms. The number of sulfonamides is 1. The predicted octanol–water partition coefficient (Wildman–Crippen LogP) is 1.70. The van der Waals surface area contributed by atoms with E-state index in [1.807, 2.05) is 4.72 Å². The van der Waals surface area contributed by atoms with E-state index in [-0.39, 0.29) is 25.0 Å². The molecule has 1 aromatic rings. The summed E-state index contributed by atoms with van der Waals surface area (Å²) < 4.78 is 78.9. The molecule has 1 atom stereocenters. The highest BCUT2D eigenvalue weighted by Gasteiger charge is 2.31. The molecule has 1 aliphatic rings. The van der Waals surface area contributed by atoms with Crippen molar-refractivity contribution < 1.29 is 26.0 Å². The molecule has 120 valence electrons. The van der Waals surface area contributed by atoms with Crippen LogP contribution in [0.15, 0.2) is 11.0 Å². The van der Waals surface area contributed by atoms with Crippen LogP contribution >= 0.6 is 12.4 Å². The average Bonchev–Trinajstić information content (AvgIpc) is 2.37. The fraction of sp³-hybridized carbons (Fsp3) is 0.455. The molecule has 4 nitrogen and oxygen atoms in total. The number of halogens is 5. The number of hydrogen-bond acceptors (Lipinski definition) is 3. The Morgan fingerprint density at radius 3 is 2.19 bits per heavy atom. The molecule has 1 unspecified atom stereocenters. The molecule has 1 saturated heterocycles. The van der Waals surface area contributed by atoms with Crippen LogP contribution in [0.25, 0.3) is 0 Å². The Bertz CT molecular complexity index is 595. The molecule has 0 amide bonds. The monoisotopic (exact) mass is 348 g/mol. The maximum atomic E-state index is 13.5. The first-order valence-corrected chi connectivity index (χ1v) is 7.37. The minimum absolute atomic E-state index is 0. The lowest BCUT2D eigenvalue weighted by atomic mass is 10.1. The van der Waals surface area contributed by atoms with E-state index in [9.17, 15) is 26.0 Å². The van der Waals surface area contributed by atoms with Crippen LogP contribution in [0.2, 0.25) is 0 Å². The second kappa shape index (κ2) is 6.91. The number of nitrogens with one attached hydrogen (secondary N) is 2. The minimum atomic E-state index is -4.69. The number of hydrogen-bond donors (Lipinski definition) is 2. The number of rotatable bonds is 3. The first-order chi connectivity index (χ1) is 9.33. The van der Waals surface area contributed by atoms with E-state index in [0.29, 0.717) is 19.4 Å². The van der Waals surface area contributed by atoms with Crippen molar-refractivity contribution in [3.05, 3.63) is 29.3 Å². The molecule has 10 heteroatoms. The van der Waals surface area contributed by atoms with Gasteiger partial charge in [-0.05, 0) is 19.4 Å². The maximum Gasteiger partial charge on any atom is 0.246 e. The Morgan fingerprint density at radius 1 is 1.14 bits per heavy atom. The van der Waals surface area contributed by atoms with Crippen molar-refractivity contribution in [3.8, 4) is 0 Å². The molecule has 2 N–H and O–H groups in total. The van der Waals surface area contributed by atoms with Crippen molar-refractivity contribution in [2.75, 3.05) is 13.1 Å². The smallest absolute Gasteiger partial charge is 0.246 e. The van der Waals surface area contributed by atoms with Gasteiger partial charge in [-0.15, -0.1) is 12.4 Å². The van der Waals surface area contributed by atoms with Crippen LogP contribution in [-0.2, 0) is 10.0 Å². The summed E-state index contributed by atoms with van der Waals surface area (Å²) in [6.45, 7) is 0.982. The summed E-state index contributed by atoms with van der Waals surface area (Å²) in [4.78, 5) is -1.62. The zero-order valence-electron chi connectivity index (χ0n) is 10.6. The lowest BCUT2D eigenvalue weighted by Gasteiger charge is -2.23. The lowest BCUT2D eigenvalue weighted by Crippen LogP contribution is -2.45. The van der Waals surface area contributed by atoms with Crippen LogP contribution in [-0.4, -0.2) is 27.5 Å². The summed E-state index contributed by atoms with van der Waals surface area (Å²) in [5.41, 5.74) is 0. The van der Waals surface area contributed by atoms with Crippen LogP contribution in [0.5, 0.6) is 0 Å². The quantitative estimate of drug-likeness (QED) is 0.645. The van der Waals surface area contributed by atoms with Gasteiger partial charge in [0.05, 0.1) is 0 Å². The van der Waals surface area contributed by atoms with Crippen molar-refractivity contribution in [1.29, 1.82) is 0 Å². The predicted molar refractivity (Wildman–Crippen MR) is 69.7 cm³/mol. The van der Waals surface area contributed by atoms with Gasteiger partial charge in [-0.25, -0.2) is 30.7 Å². The zero-order chi connectivity index (χ0) is 14.9. The van der Waals surface area contributed by atoms with Gasteiger partial charge in [-0.1, -0.05) is 0 Å². The Balaban J connectivity index is 0.00000220. The molecule has 0 saturated carbocycles. The van der Waals surface area contributed by atoms with E-state index in [2.05, 4.69) is 5.32 Å². The molecule has 0 radical (unpaired) electrons. The van der Waals surface area contributed by atoms with E-state index < -0.39 is 44.2 Å². The molecule has 2 rings (SSSR count). The molecule has 1 aliphatic heterocycles. The third-order valence-electron chi connectivity index (χ3n) is 2.96. The van der Waals surface area contributed by atoms with Crippen molar-refractivity contribution in [2.24, 2.45) is 0 Å². The van der Waals surface area contributed by atoms with Gasteiger partial charge in [0.15, 0.2) is 28.2 Å². The Kier molecular flexibility index (Phi) is 5.97. The van der Waals surface area contributed by atoms with Gasteiger partial charge >= 0.3 is 0 Å². The molecular weight excluding hydrogens is 336 g/mol. The highest BCUT2D eigenvalue weighted by atomic mass is 35.5. The van der Waals surface area contributed by atoms with Gasteiger partial charge in [0, 0.05) is 18.7 Å². The maximum absolute atomic E-state index is 13.5. The summed E-state index contributed by atoms with van der Waals surface area (Å²) >= 11 is 0. The molecule has 0 aliphatic carbocycles. The molecule has 1 fully saturated rings. The van der Waals surface area contributed by atoms with Crippen LogP contribution in [0.1, 0.15) is 12.8 Å². The Hall–Kier alpha value is -0.900. The van der Waals surface area contributed by atoms with E-state index >= 15 is 0 Å². The topological polar surface area (TPSA) is 58.2 Å². The summed E-state index contributed by atoms with van der Waals surface area (Å²) in [6, 6.07) is -0.620. The lowest BCUT2D eigenvalue weighted by molar-refractivity contribution is 0.407. The van der Waals surface area contributed by atoms with Crippen LogP contribution in [0.3, 0.4) is 0 Å². The van der Waals surface area contributed by atoms with E-state index in [1.165, 1.54) is 0 Å². The third-order valence-corrected chi connectivity index (χ3v) is 4.50. The van der Waals surface area contributed by atoms with Crippen molar-refractivity contribution in [3.63, 3.8) is 0 Å². The SMILES string of the molecule is Cl.O=S(=O)(NC1CCCNC1)c1c(F)c(F)cc(F)c1F. The Labute approximate surface area is 125 Å². The molecule has 0 aromatic heterocycles. The second-order valence-electron chi connectivity index (χ2n) is 4.46. The van der Waals surface area contributed by atoms with Gasteiger partial charge in [0.25, 0.3) is 0 Å². The number of benzene rings is 1. The van der Waals surface area contributed by atoms with E-state index in [1.54, 1.807) is 0 Å². The van der Waals surface area contributed by atoms with Gasteiger partial charge in [0.2, 0.25) is 10.0 Å². The van der Waals surface area contributed by atoms with Crippen LogP contribution in [0, 0.1) is 23.3 Å². The standard InChI is InChI=1S/C11H12F4N2O2S.ClH/c12-7-4-8(13)10(15)11(9(7)14)20(18,19)17-6-2-1-3-16-5-6;/h4,6,16-17H,1-3,5H2;1H. The average molecular weight is 349 g/mol. The number of piperidine rings is 1. The molecule has 0 bridgehead atoms. The first kappa shape index (κ1) is 18.1. The van der Waals surface area contributed by atoms with Gasteiger partial charge < -0.3 is 5.32 Å². The fourth-order valence-electron chi connectivity index (χ4n) is 2.02. The van der Waals surface area contributed by atoms with E-state index in [4.69, 9.17) is 0 Å². The largest absolute Gasteiger partial charge is 0.315 e. The van der Waals surface area contributed by atoms with Crippen molar-refractivity contribution >= 4 is 22.4 Å².